The second-order valence-electron chi connectivity index (χ2n) is 5.78. The number of likely N-dealkylation sites (tertiary alicyclic amines) is 1. The summed E-state index contributed by atoms with van der Waals surface area (Å²) in [6.45, 7) is 3.83. The van der Waals surface area contributed by atoms with Crippen LogP contribution < -0.4 is 0 Å². The van der Waals surface area contributed by atoms with Crippen LogP contribution in [-0.4, -0.2) is 23.3 Å². The molecular weight excluding hydrogens is 266 g/mol. The lowest BCUT2D eigenvalue weighted by Crippen LogP contribution is -2.39. The Morgan fingerprint density at radius 2 is 2.20 bits per heavy atom. The number of hydrogen-bond donors (Lipinski definition) is 0. The van der Waals surface area contributed by atoms with Gasteiger partial charge in [-0.3, -0.25) is 9.69 Å². The fourth-order valence-electron chi connectivity index (χ4n) is 3.21. The van der Waals surface area contributed by atoms with Crippen molar-refractivity contribution in [2.24, 2.45) is 0 Å². The van der Waals surface area contributed by atoms with E-state index in [2.05, 4.69) is 34.5 Å². The Kier molecular flexibility index (Phi) is 4.18. The van der Waals surface area contributed by atoms with Gasteiger partial charge in [0.15, 0.2) is 0 Å². The summed E-state index contributed by atoms with van der Waals surface area (Å²) in [5, 5.41) is 3.66. The molecule has 2 nitrogen and oxygen atoms in total. The first kappa shape index (κ1) is 13.8. The van der Waals surface area contributed by atoms with E-state index in [0.29, 0.717) is 18.2 Å². The molecule has 1 fully saturated rings. The van der Waals surface area contributed by atoms with Crippen molar-refractivity contribution in [3.8, 4) is 0 Å². The average Bonchev–Trinajstić information content (AvgIpc) is 2.84. The maximum Gasteiger partial charge on any atom is 0.131 e. The van der Waals surface area contributed by atoms with Gasteiger partial charge >= 0.3 is 0 Å². The smallest absolute Gasteiger partial charge is 0.131 e. The van der Waals surface area contributed by atoms with Gasteiger partial charge in [0.2, 0.25) is 0 Å². The lowest BCUT2D eigenvalue weighted by molar-refractivity contribution is -0.118. The van der Waals surface area contributed by atoms with Gasteiger partial charge in [-0.2, -0.15) is 0 Å². The third kappa shape index (κ3) is 2.94. The van der Waals surface area contributed by atoms with Crippen LogP contribution in [0.2, 0.25) is 0 Å². The zero-order chi connectivity index (χ0) is 13.9. The van der Waals surface area contributed by atoms with Crippen molar-refractivity contribution in [2.75, 3.05) is 6.54 Å². The molecule has 1 aliphatic rings. The van der Waals surface area contributed by atoms with Crippen molar-refractivity contribution in [3.05, 3.63) is 35.2 Å². The standard InChI is InChI=1S/C17H21NOS/c1-13(19)10-15-6-4-5-9-18(15)11-14-12-20-17-8-3-2-7-16(14)17/h2-3,7-8,12,15H,4-6,9-11H2,1H3. The zero-order valence-electron chi connectivity index (χ0n) is 12.0. The van der Waals surface area contributed by atoms with Gasteiger partial charge in [0.25, 0.3) is 0 Å². The van der Waals surface area contributed by atoms with E-state index >= 15 is 0 Å². The summed E-state index contributed by atoms with van der Waals surface area (Å²) in [6, 6.07) is 9.06. The molecule has 2 aromatic rings. The molecule has 1 unspecified atom stereocenters. The summed E-state index contributed by atoms with van der Waals surface area (Å²) in [4.78, 5) is 14.0. The van der Waals surface area contributed by atoms with Gasteiger partial charge in [0, 0.05) is 23.7 Å². The Bertz CT molecular complexity index is 604. The number of hydrogen-bond acceptors (Lipinski definition) is 3. The third-order valence-corrected chi connectivity index (χ3v) is 5.22. The van der Waals surface area contributed by atoms with Crippen molar-refractivity contribution < 1.29 is 4.79 Å². The minimum Gasteiger partial charge on any atom is -0.300 e. The quantitative estimate of drug-likeness (QED) is 0.838. The van der Waals surface area contributed by atoms with Crippen LogP contribution in [0.4, 0.5) is 0 Å². The Labute approximate surface area is 124 Å². The van der Waals surface area contributed by atoms with Crippen molar-refractivity contribution in [1.82, 2.24) is 4.90 Å². The van der Waals surface area contributed by atoms with Gasteiger partial charge in [0.1, 0.15) is 5.78 Å². The van der Waals surface area contributed by atoms with E-state index in [4.69, 9.17) is 0 Å². The van der Waals surface area contributed by atoms with Gasteiger partial charge in [-0.25, -0.2) is 0 Å². The van der Waals surface area contributed by atoms with Crippen LogP contribution in [0.25, 0.3) is 10.1 Å². The molecule has 3 heteroatoms. The predicted molar refractivity (Wildman–Crippen MR) is 85.2 cm³/mol. The number of piperidine rings is 1. The van der Waals surface area contributed by atoms with Crippen LogP contribution in [0.1, 0.15) is 38.2 Å². The molecule has 106 valence electrons. The van der Waals surface area contributed by atoms with Crippen molar-refractivity contribution >= 4 is 27.2 Å². The van der Waals surface area contributed by atoms with E-state index in [1.165, 1.54) is 34.9 Å². The number of ketones is 1. The Balaban J connectivity index is 1.79. The molecule has 1 aliphatic heterocycles. The lowest BCUT2D eigenvalue weighted by atomic mass is 9.97. The van der Waals surface area contributed by atoms with E-state index < -0.39 is 0 Å². The molecule has 0 bridgehead atoms. The highest BCUT2D eigenvalue weighted by atomic mass is 32.1. The molecule has 1 aromatic heterocycles. The van der Waals surface area contributed by atoms with Crippen LogP contribution in [0, 0.1) is 0 Å². The minimum atomic E-state index is 0.317. The molecule has 0 spiro atoms. The lowest BCUT2D eigenvalue weighted by Gasteiger charge is -2.35. The molecule has 0 amide bonds. The van der Waals surface area contributed by atoms with Crippen LogP contribution >= 0.6 is 11.3 Å². The average molecular weight is 287 g/mol. The highest BCUT2D eigenvalue weighted by molar-refractivity contribution is 7.17. The second kappa shape index (κ2) is 6.06. The summed E-state index contributed by atoms with van der Waals surface area (Å²) < 4.78 is 1.36. The summed E-state index contributed by atoms with van der Waals surface area (Å²) in [5.41, 5.74) is 1.42. The van der Waals surface area contributed by atoms with Gasteiger partial charge in [-0.05, 0) is 48.7 Å². The minimum absolute atomic E-state index is 0.317. The van der Waals surface area contributed by atoms with Gasteiger partial charge in [0.05, 0.1) is 0 Å². The van der Waals surface area contributed by atoms with E-state index in [1.54, 1.807) is 6.92 Å². The molecule has 0 saturated carbocycles. The molecule has 1 saturated heterocycles. The number of carbonyl (C=O) groups is 1. The van der Waals surface area contributed by atoms with Crippen LogP contribution in [0.3, 0.4) is 0 Å². The molecular formula is C17H21NOS. The maximum atomic E-state index is 11.4. The molecule has 2 heterocycles. The summed E-state index contributed by atoms with van der Waals surface area (Å²) in [6.07, 6.45) is 4.40. The van der Waals surface area contributed by atoms with Gasteiger partial charge < -0.3 is 0 Å². The van der Waals surface area contributed by atoms with E-state index in [9.17, 15) is 4.79 Å². The molecule has 0 aliphatic carbocycles. The Morgan fingerprint density at radius 3 is 3.05 bits per heavy atom. The Hall–Kier alpha value is -1.19. The third-order valence-electron chi connectivity index (χ3n) is 4.21. The van der Waals surface area contributed by atoms with E-state index in [-0.39, 0.29) is 0 Å². The molecule has 3 rings (SSSR count). The number of Topliss-reactive ketones (excluding diaryl/α,β-unsaturated/α-hetero) is 1. The first-order valence-corrected chi connectivity index (χ1v) is 8.30. The number of fused-ring (bicyclic) bond motifs is 1. The molecule has 1 atom stereocenters. The highest BCUT2D eigenvalue weighted by Gasteiger charge is 2.24. The summed E-state index contributed by atoms with van der Waals surface area (Å²) in [5.74, 6) is 0.317. The van der Waals surface area contributed by atoms with Crippen LogP contribution in [0.5, 0.6) is 0 Å². The van der Waals surface area contributed by atoms with E-state index in [1.807, 2.05) is 11.3 Å². The first-order valence-electron chi connectivity index (χ1n) is 7.42. The molecule has 0 radical (unpaired) electrons. The first-order chi connectivity index (χ1) is 9.74. The molecule has 20 heavy (non-hydrogen) atoms. The Morgan fingerprint density at radius 1 is 1.35 bits per heavy atom. The fourth-order valence-corrected chi connectivity index (χ4v) is 4.16. The second-order valence-corrected chi connectivity index (χ2v) is 6.69. The number of benzene rings is 1. The maximum absolute atomic E-state index is 11.4. The van der Waals surface area contributed by atoms with Crippen LogP contribution in [0.15, 0.2) is 29.6 Å². The number of thiophene rings is 1. The van der Waals surface area contributed by atoms with Crippen LogP contribution in [-0.2, 0) is 11.3 Å². The number of nitrogens with zero attached hydrogens (tertiary/aromatic N) is 1. The monoisotopic (exact) mass is 287 g/mol. The topological polar surface area (TPSA) is 20.3 Å². The predicted octanol–water partition coefficient (Wildman–Crippen LogP) is 4.23. The SMILES string of the molecule is CC(=O)CC1CCCCN1Cc1csc2ccccc12. The highest BCUT2D eigenvalue weighted by Crippen LogP contribution is 2.29. The fraction of sp³-hybridized carbons (Fsp3) is 0.471. The largest absolute Gasteiger partial charge is 0.300 e. The normalized spacial score (nSPS) is 20.4. The van der Waals surface area contributed by atoms with Gasteiger partial charge in [-0.1, -0.05) is 24.6 Å². The van der Waals surface area contributed by atoms with Gasteiger partial charge in [-0.15, -0.1) is 11.3 Å². The van der Waals surface area contributed by atoms with Crippen molar-refractivity contribution in [2.45, 2.75) is 45.2 Å². The van der Waals surface area contributed by atoms with E-state index in [0.717, 1.165) is 13.1 Å². The number of carbonyl (C=O) groups excluding carboxylic acids is 1. The molecule has 0 N–H and O–H groups in total. The van der Waals surface area contributed by atoms with Crippen molar-refractivity contribution in [3.63, 3.8) is 0 Å². The zero-order valence-corrected chi connectivity index (χ0v) is 12.8. The van der Waals surface area contributed by atoms with Crippen molar-refractivity contribution in [1.29, 1.82) is 0 Å². The summed E-state index contributed by atoms with van der Waals surface area (Å²) >= 11 is 1.82. The molecule has 1 aromatic carbocycles. The number of rotatable bonds is 4. The summed E-state index contributed by atoms with van der Waals surface area (Å²) in [7, 11) is 0.